The standard InChI is InChI=1S/C19H16F3N3O3/c1-3-25-9-13(18(27)28)17(26)12-7-11(6-10(2)16(12)25)24-15-8-23-5-4-14(15)19(20,21)22/h4-9,24H,3H2,1-2H3,(H,27,28). The highest BCUT2D eigenvalue weighted by molar-refractivity contribution is 5.95. The first-order valence-electron chi connectivity index (χ1n) is 8.32. The molecule has 0 saturated carbocycles. The number of aromatic carboxylic acids is 1. The molecule has 0 fully saturated rings. The van der Waals surface area contributed by atoms with Gasteiger partial charge in [0.15, 0.2) is 0 Å². The van der Waals surface area contributed by atoms with Crippen molar-refractivity contribution in [3.05, 3.63) is 63.7 Å². The van der Waals surface area contributed by atoms with Crippen molar-refractivity contribution in [1.29, 1.82) is 0 Å². The number of carbonyl (C=O) groups is 1. The smallest absolute Gasteiger partial charge is 0.418 e. The van der Waals surface area contributed by atoms with Crippen LogP contribution in [0.1, 0.15) is 28.4 Å². The zero-order valence-electron chi connectivity index (χ0n) is 15.0. The highest BCUT2D eigenvalue weighted by atomic mass is 19.4. The fourth-order valence-corrected chi connectivity index (χ4v) is 3.13. The van der Waals surface area contributed by atoms with Crippen LogP contribution in [0.3, 0.4) is 0 Å². The Balaban J connectivity index is 2.22. The van der Waals surface area contributed by atoms with E-state index >= 15 is 0 Å². The van der Waals surface area contributed by atoms with Gasteiger partial charge in [-0.05, 0) is 37.6 Å². The Bertz CT molecular complexity index is 1140. The molecule has 3 aromatic rings. The van der Waals surface area contributed by atoms with E-state index in [1.54, 1.807) is 24.5 Å². The van der Waals surface area contributed by atoms with Gasteiger partial charge in [-0.3, -0.25) is 9.78 Å². The van der Waals surface area contributed by atoms with E-state index in [-0.39, 0.29) is 16.8 Å². The molecule has 0 radical (unpaired) electrons. The number of fused-ring (bicyclic) bond motifs is 1. The summed E-state index contributed by atoms with van der Waals surface area (Å²) in [6.45, 7) is 3.92. The Hall–Kier alpha value is -3.36. The molecule has 2 N–H and O–H groups in total. The maximum atomic E-state index is 13.2. The van der Waals surface area contributed by atoms with Gasteiger partial charge in [0.05, 0.1) is 23.0 Å². The number of aryl methyl sites for hydroxylation is 2. The van der Waals surface area contributed by atoms with Crippen LogP contribution < -0.4 is 10.7 Å². The van der Waals surface area contributed by atoms with Crippen molar-refractivity contribution < 1.29 is 23.1 Å². The fourth-order valence-electron chi connectivity index (χ4n) is 3.13. The summed E-state index contributed by atoms with van der Waals surface area (Å²) in [5, 5.41) is 12.0. The van der Waals surface area contributed by atoms with Crippen molar-refractivity contribution in [3.63, 3.8) is 0 Å². The molecule has 2 aromatic heterocycles. The topological polar surface area (TPSA) is 84.2 Å². The first-order chi connectivity index (χ1) is 13.1. The summed E-state index contributed by atoms with van der Waals surface area (Å²) in [4.78, 5) is 27.7. The number of nitrogens with one attached hydrogen (secondary N) is 1. The number of anilines is 2. The molecule has 28 heavy (non-hydrogen) atoms. The minimum Gasteiger partial charge on any atom is -0.477 e. The van der Waals surface area contributed by atoms with E-state index in [9.17, 15) is 27.9 Å². The van der Waals surface area contributed by atoms with Gasteiger partial charge in [-0.2, -0.15) is 13.2 Å². The molecular weight excluding hydrogens is 375 g/mol. The van der Waals surface area contributed by atoms with E-state index in [2.05, 4.69) is 10.3 Å². The number of hydrogen-bond acceptors (Lipinski definition) is 4. The predicted molar refractivity (Wildman–Crippen MR) is 98.1 cm³/mol. The molecule has 0 amide bonds. The summed E-state index contributed by atoms with van der Waals surface area (Å²) in [5.74, 6) is -1.36. The van der Waals surface area contributed by atoms with Gasteiger partial charge in [0, 0.05) is 30.0 Å². The van der Waals surface area contributed by atoms with Gasteiger partial charge in [-0.15, -0.1) is 0 Å². The van der Waals surface area contributed by atoms with Crippen LogP contribution >= 0.6 is 0 Å². The Morgan fingerprint density at radius 3 is 2.64 bits per heavy atom. The van der Waals surface area contributed by atoms with Crippen LogP contribution in [0.5, 0.6) is 0 Å². The van der Waals surface area contributed by atoms with Gasteiger partial charge in [0.2, 0.25) is 5.43 Å². The number of aromatic nitrogens is 2. The minimum absolute atomic E-state index is 0.113. The van der Waals surface area contributed by atoms with E-state index in [1.807, 2.05) is 0 Å². The first-order valence-corrected chi connectivity index (χ1v) is 8.32. The average Bonchev–Trinajstić information content (AvgIpc) is 2.61. The van der Waals surface area contributed by atoms with E-state index < -0.39 is 28.7 Å². The number of hydrogen-bond donors (Lipinski definition) is 2. The van der Waals surface area contributed by atoms with Gasteiger partial charge in [0.25, 0.3) is 0 Å². The second-order valence-corrected chi connectivity index (χ2v) is 6.20. The largest absolute Gasteiger partial charge is 0.477 e. The zero-order valence-corrected chi connectivity index (χ0v) is 15.0. The zero-order chi connectivity index (χ0) is 20.6. The molecule has 146 valence electrons. The van der Waals surface area contributed by atoms with Gasteiger partial charge < -0.3 is 15.0 Å². The summed E-state index contributed by atoms with van der Waals surface area (Å²) < 4.78 is 41.2. The lowest BCUT2D eigenvalue weighted by Crippen LogP contribution is -2.19. The number of nitrogens with zero attached hydrogens (tertiary/aromatic N) is 2. The molecule has 0 aliphatic heterocycles. The van der Waals surface area contributed by atoms with Gasteiger partial charge in [-0.25, -0.2) is 4.79 Å². The number of halogens is 3. The number of alkyl halides is 3. The predicted octanol–water partition coefficient (Wildman–Crippen LogP) is 4.19. The SMILES string of the molecule is CCn1cc(C(=O)O)c(=O)c2cc(Nc3cnccc3C(F)(F)F)cc(C)c21. The lowest BCUT2D eigenvalue weighted by Gasteiger charge is -2.17. The summed E-state index contributed by atoms with van der Waals surface area (Å²) in [5.41, 5.74) is -0.877. The van der Waals surface area contributed by atoms with E-state index in [4.69, 9.17) is 0 Å². The molecule has 0 atom stereocenters. The Morgan fingerprint density at radius 1 is 1.32 bits per heavy atom. The molecule has 2 heterocycles. The third-order valence-corrected chi connectivity index (χ3v) is 4.34. The molecule has 0 spiro atoms. The number of carboxylic acid groups (broad SMARTS) is 1. The normalized spacial score (nSPS) is 11.6. The van der Waals surface area contributed by atoms with Crippen LogP contribution in [-0.4, -0.2) is 20.6 Å². The molecule has 3 rings (SSSR count). The number of benzene rings is 1. The van der Waals surface area contributed by atoms with Crippen molar-refractivity contribution >= 4 is 28.2 Å². The van der Waals surface area contributed by atoms with Gasteiger partial charge >= 0.3 is 12.1 Å². The average molecular weight is 391 g/mol. The molecule has 9 heteroatoms. The van der Waals surface area contributed by atoms with Crippen molar-refractivity contribution in [2.24, 2.45) is 0 Å². The van der Waals surface area contributed by atoms with Crippen molar-refractivity contribution in [2.75, 3.05) is 5.32 Å². The van der Waals surface area contributed by atoms with E-state index in [1.165, 1.54) is 12.3 Å². The number of carboxylic acids is 1. The fraction of sp³-hybridized carbons (Fsp3) is 0.211. The van der Waals surface area contributed by atoms with Crippen molar-refractivity contribution in [2.45, 2.75) is 26.6 Å². The second kappa shape index (κ2) is 6.99. The monoisotopic (exact) mass is 391 g/mol. The molecular formula is C19H16F3N3O3. The van der Waals surface area contributed by atoms with Crippen LogP contribution in [0.2, 0.25) is 0 Å². The van der Waals surface area contributed by atoms with E-state index in [0.717, 1.165) is 18.5 Å². The molecule has 0 bridgehead atoms. The van der Waals surface area contributed by atoms with Gasteiger partial charge in [-0.1, -0.05) is 0 Å². The second-order valence-electron chi connectivity index (χ2n) is 6.20. The molecule has 1 aromatic carbocycles. The quantitative estimate of drug-likeness (QED) is 0.697. The summed E-state index contributed by atoms with van der Waals surface area (Å²) >= 11 is 0. The first kappa shape index (κ1) is 19.4. The van der Waals surface area contributed by atoms with Crippen LogP contribution in [0.25, 0.3) is 10.9 Å². The van der Waals surface area contributed by atoms with Crippen LogP contribution in [-0.2, 0) is 12.7 Å². The minimum atomic E-state index is -4.58. The molecule has 0 saturated heterocycles. The van der Waals surface area contributed by atoms with Crippen molar-refractivity contribution in [1.82, 2.24) is 9.55 Å². The summed E-state index contributed by atoms with van der Waals surface area (Å²) in [7, 11) is 0. The van der Waals surface area contributed by atoms with Crippen LogP contribution in [0.4, 0.5) is 24.5 Å². The Morgan fingerprint density at radius 2 is 2.04 bits per heavy atom. The Labute approximate surface area is 157 Å². The number of pyridine rings is 2. The van der Waals surface area contributed by atoms with E-state index in [0.29, 0.717) is 17.6 Å². The highest BCUT2D eigenvalue weighted by Gasteiger charge is 2.33. The van der Waals surface area contributed by atoms with Crippen LogP contribution in [0, 0.1) is 6.92 Å². The van der Waals surface area contributed by atoms with Crippen LogP contribution in [0.15, 0.2) is 41.6 Å². The van der Waals surface area contributed by atoms with Gasteiger partial charge in [0.1, 0.15) is 5.56 Å². The Kier molecular flexibility index (Phi) is 4.84. The lowest BCUT2D eigenvalue weighted by atomic mass is 10.1. The maximum Gasteiger partial charge on any atom is 0.418 e. The maximum absolute atomic E-state index is 13.2. The summed E-state index contributed by atoms with van der Waals surface area (Å²) in [6, 6.07) is 3.81. The lowest BCUT2D eigenvalue weighted by molar-refractivity contribution is -0.137. The third-order valence-electron chi connectivity index (χ3n) is 4.34. The molecule has 0 aliphatic rings. The highest BCUT2D eigenvalue weighted by Crippen LogP contribution is 2.36. The molecule has 0 unspecified atom stereocenters. The molecule has 0 aliphatic carbocycles. The molecule has 6 nitrogen and oxygen atoms in total. The third kappa shape index (κ3) is 3.42. The van der Waals surface area contributed by atoms with Crippen molar-refractivity contribution in [3.8, 4) is 0 Å². The number of rotatable bonds is 4. The summed E-state index contributed by atoms with van der Waals surface area (Å²) in [6.07, 6.45) is -1.22.